The molecule has 0 N–H and O–H groups in total. The number of carbonyl (C=O) groups excluding carboxylic acids is 1. The maximum Gasteiger partial charge on any atom is 0.302 e. The lowest BCUT2D eigenvalue weighted by Crippen LogP contribution is -2.15. The molecule has 1 unspecified atom stereocenters. The van der Waals surface area contributed by atoms with Crippen LogP contribution in [0, 0.1) is 0 Å². The van der Waals surface area contributed by atoms with Gasteiger partial charge in [-0.25, -0.2) is 0 Å². The molecule has 1 atom stereocenters. The molecule has 0 aromatic carbocycles. The van der Waals surface area contributed by atoms with Crippen molar-refractivity contribution >= 4 is 5.97 Å². The molecular formula is C14H26O2. The van der Waals surface area contributed by atoms with Crippen molar-refractivity contribution in [2.24, 2.45) is 0 Å². The van der Waals surface area contributed by atoms with E-state index in [1.807, 2.05) is 0 Å². The quantitative estimate of drug-likeness (QED) is 0.334. The second-order valence-electron chi connectivity index (χ2n) is 4.21. The number of rotatable bonds is 9. The third-order valence-corrected chi connectivity index (χ3v) is 2.49. The van der Waals surface area contributed by atoms with Crippen LogP contribution in [-0.4, -0.2) is 12.1 Å². The lowest BCUT2D eigenvalue weighted by Gasteiger charge is -2.14. The number of esters is 1. The molecule has 94 valence electrons. The number of unbranched alkanes of at least 4 members (excludes halogenated alkanes) is 2. The normalized spacial score (nSPS) is 12.9. The van der Waals surface area contributed by atoms with Gasteiger partial charge in [0.05, 0.1) is 0 Å². The number of ether oxygens (including phenoxy) is 1. The zero-order valence-corrected chi connectivity index (χ0v) is 11.0. The Bertz CT molecular complexity index is 197. The fourth-order valence-corrected chi connectivity index (χ4v) is 1.66. The summed E-state index contributed by atoms with van der Waals surface area (Å²) >= 11 is 0. The van der Waals surface area contributed by atoms with E-state index in [0.29, 0.717) is 0 Å². The van der Waals surface area contributed by atoms with Crippen molar-refractivity contribution in [1.82, 2.24) is 0 Å². The minimum atomic E-state index is -0.159. The van der Waals surface area contributed by atoms with Gasteiger partial charge < -0.3 is 4.74 Å². The van der Waals surface area contributed by atoms with E-state index in [4.69, 9.17) is 4.74 Å². The third kappa shape index (κ3) is 9.75. The van der Waals surface area contributed by atoms with Crippen LogP contribution >= 0.6 is 0 Å². The number of hydrogen-bond donors (Lipinski definition) is 0. The molecule has 0 rings (SSSR count). The van der Waals surface area contributed by atoms with E-state index < -0.39 is 0 Å². The molecule has 0 spiro atoms. The van der Waals surface area contributed by atoms with E-state index in [1.165, 1.54) is 26.2 Å². The summed E-state index contributed by atoms with van der Waals surface area (Å²) < 4.78 is 5.25. The highest BCUT2D eigenvalue weighted by molar-refractivity contribution is 5.66. The first kappa shape index (κ1) is 15.2. The minimum Gasteiger partial charge on any atom is -0.463 e. The van der Waals surface area contributed by atoms with Crippen molar-refractivity contribution < 1.29 is 9.53 Å². The van der Waals surface area contributed by atoms with Crippen molar-refractivity contribution in [3.63, 3.8) is 0 Å². The lowest BCUT2D eigenvalue weighted by molar-refractivity contribution is -0.146. The first-order valence-electron chi connectivity index (χ1n) is 6.52. The van der Waals surface area contributed by atoms with Gasteiger partial charge in [0.25, 0.3) is 0 Å². The molecule has 16 heavy (non-hydrogen) atoms. The summed E-state index contributed by atoms with van der Waals surface area (Å²) in [6.07, 6.45) is 12.2. The summed E-state index contributed by atoms with van der Waals surface area (Å²) in [5.74, 6) is -0.159. The zero-order chi connectivity index (χ0) is 12.2. The van der Waals surface area contributed by atoms with E-state index >= 15 is 0 Å². The molecule has 0 aliphatic carbocycles. The predicted molar refractivity (Wildman–Crippen MR) is 68.4 cm³/mol. The third-order valence-electron chi connectivity index (χ3n) is 2.49. The Balaban J connectivity index is 3.66. The summed E-state index contributed by atoms with van der Waals surface area (Å²) in [7, 11) is 0. The fraction of sp³-hybridized carbons (Fsp3) is 0.786. The van der Waals surface area contributed by atoms with Gasteiger partial charge in [-0.2, -0.15) is 0 Å². The standard InChI is InChI=1S/C14H26O2/c1-4-6-7-8-9-10-12-14(11-5-2)16-13(3)15/h8-9,14H,4-7,10-12H2,1-3H3. The van der Waals surface area contributed by atoms with Crippen LogP contribution < -0.4 is 0 Å². The molecule has 0 aromatic heterocycles. The van der Waals surface area contributed by atoms with Crippen molar-refractivity contribution in [3.05, 3.63) is 12.2 Å². The van der Waals surface area contributed by atoms with E-state index in [-0.39, 0.29) is 12.1 Å². The molecule has 0 saturated carbocycles. The second kappa shape index (κ2) is 10.7. The molecule has 0 heterocycles. The van der Waals surface area contributed by atoms with Crippen LogP contribution in [0.3, 0.4) is 0 Å². The van der Waals surface area contributed by atoms with E-state index in [0.717, 1.165) is 25.7 Å². The molecule has 0 bridgehead atoms. The van der Waals surface area contributed by atoms with Gasteiger partial charge in [0, 0.05) is 6.92 Å². The Labute approximate surface area is 100 Å². The van der Waals surface area contributed by atoms with Gasteiger partial charge in [0.15, 0.2) is 0 Å². The number of allylic oxidation sites excluding steroid dienone is 2. The van der Waals surface area contributed by atoms with Crippen LogP contribution in [0.5, 0.6) is 0 Å². The molecule has 0 aliphatic heterocycles. The molecule has 2 nitrogen and oxygen atoms in total. The van der Waals surface area contributed by atoms with Gasteiger partial charge in [-0.05, 0) is 25.7 Å². The Morgan fingerprint density at radius 3 is 2.38 bits per heavy atom. The molecule has 0 saturated heterocycles. The molecule has 0 aliphatic rings. The monoisotopic (exact) mass is 226 g/mol. The Morgan fingerprint density at radius 1 is 1.12 bits per heavy atom. The molecule has 0 radical (unpaired) electrons. The van der Waals surface area contributed by atoms with Crippen molar-refractivity contribution in [1.29, 1.82) is 0 Å². The van der Waals surface area contributed by atoms with E-state index in [2.05, 4.69) is 26.0 Å². The van der Waals surface area contributed by atoms with Crippen molar-refractivity contribution in [3.8, 4) is 0 Å². The Kier molecular flexibility index (Phi) is 10.2. The van der Waals surface area contributed by atoms with Crippen LogP contribution in [0.25, 0.3) is 0 Å². The van der Waals surface area contributed by atoms with E-state index in [9.17, 15) is 4.79 Å². The fourth-order valence-electron chi connectivity index (χ4n) is 1.66. The van der Waals surface area contributed by atoms with Crippen LogP contribution in [0.15, 0.2) is 12.2 Å². The Morgan fingerprint density at radius 2 is 1.81 bits per heavy atom. The highest BCUT2D eigenvalue weighted by atomic mass is 16.5. The molecule has 0 aromatic rings. The summed E-state index contributed by atoms with van der Waals surface area (Å²) in [5.41, 5.74) is 0. The average molecular weight is 226 g/mol. The highest BCUT2D eigenvalue weighted by Gasteiger charge is 2.09. The zero-order valence-electron chi connectivity index (χ0n) is 11.0. The lowest BCUT2D eigenvalue weighted by atomic mass is 10.1. The van der Waals surface area contributed by atoms with E-state index in [1.54, 1.807) is 0 Å². The van der Waals surface area contributed by atoms with Gasteiger partial charge >= 0.3 is 5.97 Å². The predicted octanol–water partition coefficient (Wildman–Crippen LogP) is 4.24. The van der Waals surface area contributed by atoms with Crippen molar-refractivity contribution in [2.75, 3.05) is 0 Å². The number of carbonyl (C=O) groups is 1. The van der Waals surface area contributed by atoms with Gasteiger partial charge in [0.2, 0.25) is 0 Å². The van der Waals surface area contributed by atoms with Gasteiger partial charge in [-0.15, -0.1) is 0 Å². The molecule has 2 heteroatoms. The molecule has 0 fully saturated rings. The van der Waals surface area contributed by atoms with Gasteiger partial charge in [-0.1, -0.05) is 45.3 Å². The summed E-state index contributed by atoms with van der Waals surface area (Å²) in [5, 5.41) is 0. The topological polar surface area (TPSA) is 26.3 Å². The largest absolute Gasteiger partial charge is 0.463 e. The minimum absolute atomic E-state index is 0.110. The Hall–Kier alpha value is -0.790. The highest BCUT2D eigenvalue weighted by Crippen LogP contribution is 2.10. The maximum absolute atomic E-state index is 10.9. The molecule has 0 amide bonds. The SMILES string of the molecule is CCCCC=CCCC(CCC)OC(C)=O. The summed E-state index contributed by atoms with van der Waals surface area (Å²) in [4.78, 5) is 10.9. The van der Waals surface area contributed by atoms with Gasteiger partial charge in [-0.3, -0.25) is 4.79 Å². The average Bonchev–Trinajstić information content (AvgIpc) is 2.22. The van der Waals surface area contributed by atoms with Crippen molar-refractivity contribution in [2.45, 2.75) is 71.8 Å². The van der Waals surface area contributed by atoms with Crippen LogP contribution in [-0.2, 0) is 9.53 Å². The molecular weight excluding hydrogens is 200 g/mol. The van der Waals surface area contributed by atoms with Gasteiger partial charge in [0.1, 0.15) is 6.10 Å². The maximum atomic E-state index is 10.9. The summed E-state index contributed by atoms with van der Waals surface area (Å²) in [6, 6.07) is 0. The summed E-state index contributed by atoms with van der Waals surface area (Å²) in [6.45, 7) is 5.80. The van der Waals surface area contributed by atoms with Crippen LogP contribution in [0.1, 0.15) is 65.7 Å². The van der Waals surface area contributed by atoms with Crippen LogP contribution in [0.2, 0.25) is 0 Å². The first-order chi connectivity index (χ1) is 7.70. The van der Waals surface area contributed by atoms with Crippen LogP contribution in [0.4, 0.5) is 0 Å². The number of hydrogen-bond acceptors (Lipinski definition) is 2. The second-order valence-corrected chi connectivity index (χ2v) is 4.21. The first-order valence-corrected chi connectivity index (χ1v) is 6.52. The smallest absolute Gasteiger partial charge is 0.302 e.